The van der Waals surface area contributed by atoms with Gasteiger partial charge in [0.15, 0.2) is 0 Å². The number of rotatable bonds is 5. The van der Waals surface area contributed by atoms with Gasteiger partial charge in [-0.05, 0) is 25.0 Å². The summed E-state index contributed by atoms with van der Waals surface area (Å²) in [4.78, 5) is 4.28. The van der Waals surface area contributed by atoms with E-state index in [2.05, 4.69) is 34.4 Å². The summed E-state index contributed by atoms with van der Waals surface area (Å²) in [6.07, 6.45) is 4.05. The van der Waals surface area contributed by atoms with Gasteiger partial charge in [-0.3, -0.25) is 0 Å². The Labute approximate surface area is 99.9 Å². The molecule has 2 unspecified atom stereocenters. The second-order valence-electron chi connectivity index (χ2n) is 3.95. The van der Waals surface area contributed by atoms with Crippen molar-refractivity contribution in [2.75, 3.05) is 5.75 Å². The molecule has 1 aliphatic rings. The number of thioether (sulfide) groups is 1. The molecule has 1 aromatic rings. The predicted molar refractivity (Wildman–Crippen MR) is 68.5 cm³/mol. The van der Waals surface area contributed by atoms with Gasteiger partial charge in [-0.2, -0.15) is 11.8 Å². The van der Waals surface area contributed by atoms with Gasteiger partial charge in [0, 0.05) is 23.2 Å². The molecule has 1 aromatic heterocycles. The topological polar surface area (TPSA) is 24.9 Å². The molecule has 2 atom stereocenters. The van der Waals surface area contributed by atoms with E-state index >= 15 is 0 Å². The largest absolute Gasteiger partial charge is 0.308 e. The molecule has 0 aliphatic heterocycles. The maximum Gasteiger partial charge on any atom is 0.0795 e. The Balaban J connectivity index is 1.69. The van der Waals surface area contributed by atoms with E-state index in [-0.39, 0.29) is 0 Å². The molecule has 0 saturated heterocycles. The molecule has 1 aliphatic carbocycles. The Kier molecular flexibility index (Phi) is 4.47. The van der Waals surface area contributed by atoms with Crippen LogP contribution in [0.1, 0.15) is 31.9 Å². The Bertz CT molecular complexity index is 274. The average Bonchev–Trinajstić information content (AvgIpc) is 2.85. The molecule has 0 bridgehead atoms. The lowest BCUT2D eigenvalue weighted by molar-refractivity contribution is 0.521. The molecule has 2 nitrogen and oxygen atoms in total. The van der Waals surface area contributed by atoms with E-state index in [0.717, 1.165) is 17.8 Å². The summed E-state index contributed by atoms with van der Waals surface area (Å²) >= 11 is 3.79. The SMILES string of the molecule is CCSC1CCC(NCc2cscn2)C1. The first-order valence-corrected chi connectivity index (χ1v) is 7.59. The van der Waals surface area contributed by atoms with Gasteiger partial charge >= 0.3 is 0 Å². The average molecular weight is 242 g/mol. The fraction of sp³-hybridized carbons (Fsp3) is 0.727. The number of nitrogens with one attached hydrogen (secondary N) is 1. The van der Waals surface area contributed by atoms with Crippen molar-refractivity contribution in [1.82, 2.24) is 10.3 Å². The van der Waals surface area contributed by atoms with Gasteiger partial charge in [-0.1, -0.05) is 6.92 Å². The van der Waals surface area contributed by atoms with Crippen LogP contribution in [0.4, 0.5) is 0 Å². The Morgan fingerprint density at radius 1 is 1.60 bits per heavy atom. The van der Waals surface area contributed by atoms with Crippen molar-refractivity contribution >= 4 is 23.1 Å². The minimum atomic E-state index is 0.718. The molecule has 15 heavy (non-hydrogen) atoms. The molecule has 84 valence electrons. The summed E-state index contributed by atoms with van der Waals surface area (Å²) in [7, 11) is 0. The first-order valence-electron chi connectivity index (χ1n) is 5.60. The third-order valence-corrected chi connectivity index (χ3v) is 4.71. The third kappa shape index (κ3) is 3.47. The predicted octanol–water partition coefficient (Wildman–Crippen LogP) is 2.91. The highest BCUT2D eigenvalue weighted by atomic mass is 32.2. The van der Waals surface area contributed by atoms with Gasteiger partial charge < -0.3 is 5.32 Å². The summed E-state index contributed by atoms with van der Waals surface area (Å²) in [6.45, 7) is 3.19. The van der Waals surface area contributed by atoms with E-state index < -0.39 is 0 Å². The summed E-state index contributed by atoms with van der Waals surface area (Å²) in [5, 5.41) is 6.62. The standard InChI is InChI=1S/C11H18N2S2/c1-2-15-11-4-3-9(5-11)12-6-10-7-14-8-13-10/h7-9,11-12H,2-6H2,1H3. The van der Waals surface area contributed by atoms with Crippen LogP contribution in [-0.4, -0.2) is 22.0 Å². The highest BCUT2D eigenvalue weighted by Crippen LogP contribution is 2.29. The summed E-state index contributed by atoms with van der Waals surface area (Å²) in [5.41, 5.74) is 3.09. The highest BCUT2D eigenvalue weighted by molar-refractivity contribution is 7.99. The number of hydrogen-bond acceptors (Lipinski definition) is 4. The number of aromatic nitrogens is 1. The van der Waals surface area contributed by atoms with Crippen LogP contribution >= 0.6 is 23.1 Å². The summed E-state index contributed by atoms with van der Waals surface area (Å²) in [6, 6.07) is 0.718. The molecule has 1 N–H and O–H groups in total. The smallest absolute Gasteiger partial charge is 0.0795 e. The van der Waals surface area contributed by atoms with Crippen LogP contribution in [0, 0.1) is 0 Å². The van der Waals surface area contributed by atoms with Crippen LogP contribution in [0.15, 0.2) is 10.9 Å². The van der Waals surface area contributed by atoms with E-state index in [1.54, 1.807) is 11.3 Å². The van der Waals surface area contributed by atoms with Gasteiger partial charge in [-0.25, -0.2) is 4.98 Å². The van der Waals surface area contributed by atoms with E-state index in [9.17, 15) is 0 Å². The third-order valence-electron chi connectivity index (χ3n) is 2.84. The Morgan fingerprint density at radius 3 is 3.27 bits per heavy atom. The lowest BCUT2D eigenvalue weighted by atomic mass is 10.2. The van der Waals surface area contributed by atoms with Crippen molar-refractivity contribution in [3.8, 4) is 0 Å². The number of thiazole rings is 1. The van der Waals surface area contributed by atoms with Crippen LogP contribution in [0.3, 0.4) is 0 Å². The zero-order valence-electron chi connectivity index (χ0n) is 9.11. The molecule has 0 radical (unpaired) electrons. The molecule has 1 saturated carbocycles. The molecule has 1 heterocycles. The van der Waals surface area contributed by atoms with Crippen LogP contribution < -0.4 is 5.32 Å². The summed E-state index contributed by atoms with van der Waals surface area (Å²) in [5.74, 6) is 1.25. The van der Waals surface area contributed by atoms with Gasteiger partial charge in [0.25, 0.3) is 0 Å². The molecule has 4 heteroatoms. The van der Waals surface area contributed by atoms with Gasteiger partial charge in [0.2, 0.25) is 0 Å². The molecule has 0 spiro atoms. The van der Waals surface area contributed by atoms with E-state index in [1.807, 2.05) is 5.51 Å². The van der Waals surface area contributed by atoms with Crippen molar-refractivity contribution in [3.05, 3.63) is 16.6 Å². The van der Waals surface area contributed by atoms with Crippen molar-refractivity contribution in [2.24, 2.45) is 0 Å². The Hall–Kier alpha value is -0.0600. The number of nitrogens with zero attached hydrogens (tertiary/aromatic N) is 1. The minimum absolute atomic E-state index is 0.718. The summed E-state index contributed by atoms with van der Waals surface area (Å²) < 4.78 is 0. The quantitative estimate of drug-likeness (QED) is 0.859. The number of hydrogen-bond donors (Lipinski definition) is 1. The van der Waals surface area contributed by atoms with Gasteiger partial charge in [0.1, 0.15) is 0 Å². The zero-order valence-corrected chi connectivity index (χ0v) is 10.7. The van der Waals surface area contributed by atoms with Gasteiger partial charge in [0.05, 0.1) is 11.2 Å². The molecule has 0 aromatic carbocycles. The second kappa shape index (κ2) is 5.87. The van der Waals surface area contributed by atoms with Crippen LogP contribution in [0.5, 0.6) is 0 Å². The first-order chi connectivity index (χ1) is 7.38. The van der Waals surface area contributed by atoms with E-state index in [0.29, 0.717) is 0 Å². The van der Waals surface area contributed by atoms with Crippen molar-refractivity contribution in [2.45, 2.75) is 44.0 Å². The van der Waals surface area contributed by atoms with Crippen molar-refractivity contribution in [1.29, 1.82) is 0 Å². The van der Waals surface area contributed by atoms with Gasteiger partial charge in [-0.15, -0.1) is 11.3 Å². The van der Waals surface area contributed by atoms with E-state index in [4.69, 9.17) is 0 Å². The monoisotopic (exact) mass is 242 g/mol. The molecular weight excluding hydrogens is 224 g/mol. The molecule has 0 amide bonds. The lowest BCUT2D eigenvalue weighted by Crippen LogP contribution is -2.26. The molecule has 2 rings (SSSR count). The zero-order chi connectivity index (χ0) is 10.5. The maximum absolute atomic E-state index is 4.28. The minimum Gasteiger partial charge on any atom is -0.308 e. The van der Waals surface area contributed by atoms with E-state index in [1.165, 1.54) is 30.7 Å². The highest BCUT2D eigenvalue weighted by Gasteiger charge is 2.23. The molecule has 1 fully saturated rings. The van der Waals surface area contributed by atoms with Crippen LogP contribution in [0.2, 0.25) is 0 Å². The fourth-order valence-electron chi connectivity index (χ4n) is 2.09. The normalized spacial score (nSPS) is 25.9. The lowest BCUT2D eigenvalue weighted by Gasteiger charge is -2.11. The van der Waals surface area contributed by atoms with Crippen molar-refractivity contribution < 1.29 is 0 Å². The second-order valence-corrected chi connectivity index (χ2v) is 6.24. The van der Waals surface area contributed by atoms with Crippen LogP contribution in [-0.2, 0) is 6.54 Å². The van der Waals surface area contributed by atoms with Crippen molar-refractivity contribution in [3.63, 3.8) is 0 Å². The Morgan fingerprint density at radius 2 is 2.53 bits per heavy atom. The van der Waals surface area contributed by atoms with Crippen LogP contribution in [0.25, 0.3) is 0 Å². The maximum atomic E-state index is 4.28. The fourth-order valence-corrected chi connectivity index (χ4v) is 3.79. The molecular formula is C11H18N2S2. The first kappa shape index (κ1) is 11.4.